The van der Waals surface area contributed by atoms with Crippen LogP contribution in [0.5, 0.6) is 5.75 Å². The van der Waals surface area contributed by atoms with Crippen LogP contribution >= 0.6 is 12.6 Å². The minimum atomic E-state index is -0.751. The van der Waals surface area contributed by atoms with Crippen LogP contribution in [0.4, 0.5) is 8.78 Å². The SMILES string of the molecule is COc1c(F)cc(-c2cccnc2S)cc1F. The number of rotatable bonds is 2. The quantitative estimate of drug-likeness (QED) is 0.829. The molecule has 0 fully saturated rings. The highest BCUT2D eigenvalue weighted by Crippen LogP contribution is 2.30. The fourth-order valence-electron chi connectivity index (χ4n) is 1.53. The molecule has 2 rings (SSSR count). The molecule has 1 heterocycles. The molecule has 0 saturated heterocycles. The first-order valence-corrected chi connectivity index (χ1v) is 5.25. The van der Waals surface area contributed by atoms with Crippen molar-refractivity contribution in [1.29, 1.82) is 0 Å². The Morgan fingerprint density at radius 1 is 1.24 bits per heavy atom. The number of methoxy groups -OCH3 is 1. The molecule has 5 heteroatoms. The molecule has 0 spiro atoms. The van der Waals surface area contributed by atoms with Gasteiger partial charge in [0.15, 0.2) is 17.4 Å². The Bertz CT molecular complexity index is 537. The first-order chi connectivity index (χ1) is 8.13. The van der Waals surface area contributed by atoms with E-state index in [-0.39, 0.29) is 0 Å². The van der Waals surface area contributed by atoms with E-state index >= 15 is 0 Å². The van der Waals surface area contributed by atoms with E-state index in [0.717, 1.165) is 0 Å². The van der Waals surface area contributed by atoms with Gasteiger partial charge in [-0.25, -0.2) is 13.8 Å². The standard InChI is InChI=1S/C12H9F2NOS/c1-16-11-9(13)5-7(6-10(11)14)8-3-2-4-15-12(8)17/h2-6H,1H3,(H,15,17). The van der Waals surface area contributed by atoms with Crippen molar-refractivity contribution in [3.05, 3.63) is 42.1 Å². The number of nitrogens with zero attached hydrogens (tertiary/aromatic N) is 1. The van der Waals surface area contributed by atoms with E-state index in [0.29, 0.717) is 16.2 Å². The van der Waals surface area contributed by atoms with E-state index in [1.807, 2.05) is 0 Å². The Morgan fingerprint density at radius 3 is 2.41 bits per heavy atom. The van der Waals surface area contributed by atoms with Crippen molar-refractivity contribution in [2.75, 3.05) is 7.11 Å². The largest absolute Gasteiger partial charge is 0.491 e. The second-order valence-electron chi connectivity index (χ2n) is 3.35. The summed E-state index contributed by atoms with van der Waals surface area (Å²) in [6.45, 7) is 0. The first-order valence-electron chi connectivity index (χ1n) is 4.81. The molecule has 0 aliphatic carbocycles. The molecule has 0 amide bonds. The maximum atomic E-state index is 13.5. The summed E-state index contributed by atoms with van der Waals surface area (Å²) < 4.78 is 31.6. The van der Waals surface area contributed by atoms with Crippen LogP contribution in [-0.2, 0) is 0 Å². The number of pyridine rings is 1. The van der Waals surface area contributed by atoms with Gasteiger partial charge in [0.2, 0.25) is 0 Å². The van der Waals surface area contributed by atoms with Crippen LogP contribution in [0.15, 0.2) is 35.5 Å². The molecule has 0 unspecified atom stereocenters. The molecule has 0 N–H and O–H groups in total. The van der Waals surface area contributed by atoms with Gasteiger partial charge in [0, 0.05) is 11.8 Å². The van der Waals surface area contributed by atoms with Crippen LogP contribution in [0.2, 0.25) is 0 Å². The van der Waals surface area contributed by atoms with Crippen molar-refractivity contribution >= 4 is 12.6 Å². The van der Waals surface area contributed by atoms with Crippen molar-refractivity contribution in [1.82, 2.24) is 4.98 Å². The van der Waals surface area contributed by atoms with Crippen LogP contribution in [0.1, 0.15) is 0 Å². The normalized spacial score (nSPS) is 10.4. The summed E-state index contributed by atoms with van der Waals surface area (Å²) >= 11 is 4.14. The summed E-state index contributed by atoms with van der Waals surface area (Å²) in [5.41, 5.74) is 0.940. The second-order valence-corrected chi connectivity index (χ2v) is 3.77. The second kappa shape index (κ2) is 4.71. The molecular weight excluding hydrogens is 244 g/mol. The van der Waals surface area contributed by atoms with Crippen LogP contribution in [0, 0.1) is 11.6 Å². The number of halogens is 2. The number of aromatic nitrogens is 1. The topological polar surface area (TPSA) is 22.1 Å². The predicted octanol–water partition coefficient (Wildman–Crippen LogP) is 3.32. The molecule has 1 aromatic carbocycles. The minimum absolute atomic E-state index is 0.374. The molecule has 17 heavy (non-hydrogen) atoms. The monoisotopic (exact) mass is 253 g/mol. The Morgan fingerprint density at radius 2 is 1.88 bits per heavy atom. The number of hydrogen-bond donors (Lipinski definition) is 1. The molecule has 0 radical (unpaired) electrons. The highest BCUT2D eigenvalue weighted by Gasteiger charge is 2.13. The van der Waals surface area contributed by atoms with Crippen molar-refractivity contribution in [2.45, 2.75) is 5.03 Å². The van der Waals surface area contributed by atoms with Crippen LogP contribution < -0.4 is 4.74 Å². The van der Waals surface area contributed by atoms with Gasteiger partial charge in [-0.2, -0.15) is 0 Å². The molecule has 2 nitrogen and oxygen atoms in total. The number of benzene rings is 1. The zero-order valence-electron chi connectivity index (χ0n) is 8.95. The summed E-state index contributed by atoms with van der Waals surface area (Å²) in [7, 11) is 1.22. The molecule has 0 aliphatic heterocycles. The van der Waals surface area contributed by atoms with Crippen LogP contribution in [-0.4, -0.2) is 12.1 Å². The van der Waals surface area contributed by atoms with Crippen molar-refractivity contribution in [3.8, 4) is 16.9 Å². The fraction of sp³-hybridized carbons (Fsp3) is 0.0833. The third kappa shape index (κ3) is 2.24. The van der Waals surface area contributed by atoms with Crippen molar-refractivity contribution in [3.63, 3.8) is 0 Å². The third-order valence-electron chi connectivity index (χ3n) is 2.30. The van der Waals surface area contributed by atoms with E-state index in [2.05, 4.69) is 22.3 Å². The highest BCUT2D eigenvalue weighted by molar-refractivity contribution is 7.80. The maximum Gasteiger partial charge on any atom is 0.190 e. The zero-order valence-corrected chi connectivity index (χ0v) is 9.84. The summed E-state index contributed by atoms with van der Waals surface area (Å²) in [5.74, 6) is -1.89. The van der Waals surface area contributed by atoms with Crippen LogP contribution in [0.25, 0.3) is 11.1 Å². The Hall–Kier alpha value is -1.62. The lowest BCUT2D eigenvalue weighted by molar-refractivity contribution is 0.360. The van der Waals surface area contributed by atoms with Gasteiger partial charge in [-0.15, -0.1) is 12.6 Å². The van der Waals surface area contributed by atoms with Crippen molar-refractivity contribution in [2.24, 2.45) is 0 Å². The fourth-order valence-corrected chi connectivity index (χ4v) is 1.80. The highest BCUT2D eigenvalue weighted by atomic mass is 32.1. The van der Waals surface area contributed by atoms with Gasteiger partial charge in [0.05, 0.1) is 7.11 Å². The molecule has 0 aliphatic rings. The molecular formula is C12H9F2NOS. The molecule has 1 aromatic heterocycles. The lowest BCUT2D eigenvalue weighted by atomic mass is 10.1. The zero-order chi connectivity index (χ0) is 12.4. The molecule has 0 saturated carbocycles. The minimum Gasteiger partial charge on any atom is -0.491 e. The van der Waals surface area contributed by atoms with Gasteiger partial charge in [-0.1, -0.05) is 6.07 Å². The van der Waals surface area contributed by atoms with Crippen LogP contribution in [0.3, 0.4) is 0 Å². The average molecular weight is 253 g/mol. The summed E-state index contributed by atoms with van der Waals surface area (Å²) in [5, 5.41) is 0.413. The van der Waals surface area contributed by atoms with Gasteiger partial charge in [0.1, 0.15) is 5.03 Å². The number of thiol groups is 1. The summed E-state index contributed by atoms with van der Waals surface area (Å²) in [6, 6.07) is 5.75. The van der Waals surface area contributed by atoms with E-state index in [4.69, 9.17) is 0 Å². The third-order valence-corrected chi connectivity index (χ3v) is 2.66. The summed E-state index contributed by atoms with van der Waals surface area (Å²) in [4.78, 5) is 3.95. The van der Waals surface area contributed by atoms with E-state index < -0.39 is 17.4 Å². The molecule has 88 valence electrons. The predicted molar refractivity (Wildman–Crippen MR) is 63.4 cm³/mol. The van der Waals surface area contributed by atoms with E-state index in [1.54, 1.807) is 18.3 Å². The lowest BCUT2D eigenvalue weighted by Crippen LogP contribution is -1.94. The Balaban J connectivity index is 2.59. The maximum absolute atomic E-state index is 13.5. The van der Waals surface area contributed by atoms with Gasteiger partial charge in [-0.3, -0.25) is 0 Å². The summed E-state index contributed by atoms with van der Waals surface area (Å²) in [6.07, 6.45) is 1.56. The Kier molecular flexibility index (Phi) is 3.28. The molecule has 0 bridgehead atoms. The smallest absolute Gasteiger partial charge is 0.190 e. The van der Waals surface area contributed by atoms with E-state index in [9.17, 15) is 8.78 Å². The molecule has 2 aromatic rings. The van der Waals surface area contributed by atoms with Gasteiger partial charge in [-0.05, 0) is 23.8 Å². The first kappa shape index (κ1) is 11.9. The van der Waals surface area contributed by atoms with Gasteiger partial charge >= 0.3 is 0 Å². The van der Waals surface area contributed by atoms with E-state index in [1.165, 1.54) is 19.2 Å². The van der Waals surface area contributed by atoms with Gasteiger partial charge in [0.25, 0.3) is 0 Å². The van der Waals surface area contributed by atoms with Gasteiger partial charge < -0.3 is 4.74 Å². The Labute approximate surface area is 103 Å². The van der Waals surface area contributed by atoms with Crippen molar-refractivity contribution < 1.29 is 13.5 Å². The molecule has 0 atom stereocenters. The number of hydrogen-bond acceptors (Lipinski definition) is 3. The average Bonchev–Trinajstić information content (AvgIpc) is 2.29. The lowest BCUT2D eigenvalue weighted by Gasteiger charge is -2.08. The number of ether oxygens (including phenoxy) is 1.